The van der Waals surface area contributed by atoms with Crippen LogP contribution in [0.3, 0.4) is 0 Å². The van der Waals surface area contributed by atoms with Crippen LogP contribution in [0.15, 0.2) is 108 Å². The van der Waals surface area contributed by atoms with Crippen LogP contribution in [0.1, 0.15) is 19.8 Å². The fourth-order valence-corrected chi connectivity index (χ4v) is 4.05. The Kier molecular flexibility index (Phi) is 6.94. The quantitative estimate of drug-likeness (QED) is 0.256. The summed E-state index contributed by atoms with van der Waals surface area (Å²) in [5, 5.41) is 5.06. The number of hydrogen-bond donors (Lipinski definition) is 1. The summed E-state index contributed by atoms with van der Waals surface area (Å²) in [5.74, 6) is 0. The highest BCUT2D eigenvalue weighted by Gasteiger charge is 2.22. The molecule has 2 N–H and O–H groups in total. The first-order chi connectivity index (χ1) is 15.7. The first kappa shape index (κ1) is 21.7. The molecule has 160 valence electrons. The third-order valence-electron chi connectivity index (χ3n) is 5.24. The number of rotatable bonds is 7. The minimum absolute atomic E-state index is 0.826. The first-order valence-corrected chi connectivity index (χ1v) is 11.3. The summed E-state index contributed by atoms with van der Waals surface area (Å²) in [4.78, 5) is 5.10. The summed E-state index contributed by atoms with van der Waals surface area (Å²) in [5.41, 5.74) is 13.4. The zero-order valence-corrected chi connectivity index (χ0v) is 19.3. The third kappa shape index (κ3) is 4.56. The molecule has 5 heteroatoms. The molecule has 0 amide bonds. The van der Waals surface area contributed by atoms with Crippen LogP contribution in [-0.2, 0) is 0 Å². The summed E-state index contributed by atoms with van der Waals surface area (Å²) < 4.78 is 1.99. The number of nitrogens with zero attached hydrogens (tertiary/aromatic N) is 3. The van der Waals surface area contributed by atoms with Crippen molar-refractivity contribution >= 4 is 20.4 Å². The summed E-state index contributed by atoms with van der Waals surface area (Å²) in [6.45, 7) is 2.14. The molecule has 3 aromatic carbocycles. The van der Waals surface area contributed by atoms with E-state index in [4.69, 9.17) is 15.8 Å². The zero-order valence-electron chi connectivity index (χ0n) is 18.1. The van der Waals surface area contributed by atoms with Crippen LogP contribution in [-0.4, -0.2) is 15.2 Å². The lowest BCUT2D eigenvalue weighted by Crippen LogP contribution is -1.99. The molecule has 1 heterocycles. The van der Waals surface area contributed by atoms with Gasteiger partial charge in [-0.25, -0.2) is 9.67 Å². The highest BCUT2D eigenvalue weighted by Crippen LogP contribution is 2.41. The van der Waals surface area contributed by atoms with Crippen molar-refractivity contribution in [3.8, 4) is 28.2 Å². The molecule has 0 bridgehead atoms. The maximum Gasteiger partial charge on any atom is 0.119 e. The molecule has 1 aromatic heterocycles. The first-order valence-electron chi connectivity index (χ1n) is 10.8. The number of nitrogens with two attached hydrogens (primary N) is 1. The predicted molar refractivity (Wildman–Crippen MR) is 138 cm³/mol. The van der Waals surface area contributed by atoms with Crippen LogP contribution in [0.2, 0.25) is 0 Å². The smallest absolute Gasteiger partial charge is 0.119 e. The van der Waals surface area contributed by atoms with E-state index in [1.165, 1.54) is 0 Å². The van der Waals surface area contributed by atoms with Crippen LogP contribution in [0.25, 0.3) is 28.2 Å². The van der Waals surface area contributed by atoms with Crippen molar-refractivity contribution < 1.29 is 0 Å². The summed E-state index contributed by atoms with van der Waals surface area (Å²) in [6, 6.07) is 30.7. The van der Waals surface area contributed by atoms with Crippen molar-refractivity contribution in [1.29, 1.82) is 0 Å². The van der Waals surface area contributed by atoms with Gasteiger partial charge in [0, 0.05) is 11.1 Å². The summed E-state index contributed by atoms with van der Waals surface area (Å²) in [6.07, 6.45) is 3.52. The zero-order chi connectivity index (χ0) is 22.3. The molecule has 0 radical (unpaired) electrons. The van der Waals surface area contributed by atoms with Gasteiger partial charge < -0.3 is 5.73 Å². The van der Waals surface area contributed by atoms with Crippen LogP contribution in [0.4, 0.5) is 5.69 Å². The molecule has 4 aromatic rings. The van der Waals surface area contributed by atoms with Gasteiger partial charge in [0.25, 0.3) is 0 Å². The maximum atomic E-state index is 5.93. The number of aliphatic imine (C=N–C) groups is 1. The Labute approximate surface area is 191 Å². The molecule has 0 spiro atoms. The molecule has 0 aliphatic heterocycles. The monoisotopic (exact) mass is 438 g/mol. The number of allylic oxidation sites excluding steroid dienone is 1. The van der Waals surface area contributed by atoms with Crippen molar-refractivity contribution in [2.75, 3.05) is 0 Å². The Morgan fingerprint density at radius 1 is 0.906 bits per heavy atom. The van der Waals surface area contributed by atoms with Gasteiger partial charge in [0.05, 0.1) is 11.1 Å². The molecule has 4 nitrogen and oxygen atoms in total. The topological polar surface area (TPSA) is 56.2 Å². The van der Waals surface area contributed by atoms with E-state index in [-0.39, 0.29) is 0 Å². The molecule has 0 aliphatic rings. The molecule has 0 aliphatic carbocycles. The van der Waals surface area contributed by atoms with Gasteiger partial charge >= 0.3 is 0 Å². The van der Waals surface area contributed by atoms with Crippen LogP contribution in [0, 0.1) is 0 Å². The Morgan fingerprint density at radius 2 is 1.47 bits per heavy atom. The van der Waals surface area contributed by atoms with Gasteiger partial charge in [0.2, 0.25) is 0 Å². The van der Waals surface area contributed by atoms with Gasteiger partial charge in [0.1, 0.15) is 17.1 Å². The van der Waals surface area contributed by atoms with Crippen LogP contribution < -0.4 is 5.73 Å². The van der Waals surface area contributed by atoms with E-state index < -0.39 is 0 Å². The highest BCUT2D eigenvalue weighted by atomic mass is 31.0. The largest absolute Gasteiger partial charge is 0.404 e. The Bertz CT molecular complexity index is 1230. The van der Waals surface area contributed by atoms with Gasteiger partial charge in [-0.15, -0.1) is 0 Å². The standard InChI is InChI=1S/C27H27N4P/c1-2-12-22(19-28)27(32)29-25-24(20-13-6-3-7-14-20)30-31(23-17-10-5-11-18-23)26(25)21-15-8-4-9-16-21/h3-11,13-19H,2,12,28,32H2,1H3/b22-19-,29-27?. The van der Waals surface area contributed by atoms with Crippen molar-refractivity contribution in [2.24, 2.45) is 10.7 Å². The average molecular weight is 439 g/mol. The van der Waals surface area contributed by atoms with Crippen LogP contribution >= 0.6 is 9.24 Å². The van der Waals surface area contributed by atoms with Crippen LogP contribution in [0.5, 0.6) is 0 Å². The van der Waals surface area contributed by atoms with E-state index >= 15 is 0 Å². The second kappa shape index (κ2) is 10.2. The third-order valence-corrected chi connectivity index (χ3v) is 5.74. The van der Waals surface area contributed by atoms with E-state index in [2.05, 4.69) is 52.6 Å². The SMILES string of the molecule is CCC/C(=C/N)C(P)=Nc1c(-c2ccccc2)nn(-c2ccccc2)c1-c1ccccc1. The fraction of sp³-hybridized carbons (Fsp3) is 0.111. The number of hydrogen-bond acceptors (Lipinski definition) is 3. The van der Waals surface area contributed by atoms with Gasteiger partial charge in [-0.1, -0.05) is 101 Å². The minimum atomic E-state index is 0.826. The van der Waals surface area contributed by atoms with E-state index in [0.717, 1.165) is 57.8 Å². The van der Waals surface area contributed by atoms with E-state index in [1.807, 2.05) is 59.3 Å². The fourth-order valence-electron chi connectivity index (χ4n) is 3.68. The predicted octanol–water partition coefficient (Wildman–Crippen LogP) is 6.75. The van der Waals surface area contributed by atoms with Crippen molar-refractivity contribution in [3.63, 3.8) is 0 Å². The van der Waals surface area contributed by atoms with Gasteiger partial charge in [0.15, 0.2) is 0 Å². The second-order valence-corrected chi connectivity index (χ2v) is 8.01. The lowest BCUT2D eigenvalue weighted by molar-refractivity contribution is 0.892. The molecule has 0 saturated heterocycles. The highest BCUT2D eigenvalue weighted by molar-refractivity contribution is 7.42. The molecule has 32 heavy (non-hydrogen) atoms. The Balaban J connectivity index is 2.04. The van der Waals surface area contributed by atoms with E-state index in [1.54, 1.807) is 6.20 Å². The lowest BCUT2D eigenvalue weighted by atomic mass is 10.1. The van der Waals surface area contributed by atoms with Crippen molar-refractivity contribution in [1.82, 2.24) is 9.78 Å². The van der Waals surface area contributed by atoms with E-state index in [0.29, 0.717) is 0 Å². The van der Waals surface area contributed by atoms with Gasteiger partial charge in [-0.05, 0) is 30.3 Å². The average Bonchev–Trinajstić information content (AvgIpc) is 3.23. The molecular weight excluding hydrogens is 411 g/mol. The second-order valence-electron chi connectivity index (χ2n) is 7.46. The van der Waals surface area contributed by atoms with E-state index in [9.17, 15) is 0 Å². The number of aromatic nitrogens is 2. The van der Waals surface area contributed by atoms with Crippen molar-refractivity contribution in [2.45, 2.75) is 19.8 Å². The minimum Gasteiger partial charge on any atom is -0.404 e. The number of para-hydroxylation sites is 1. The lowest BCUT2D eigenvalue weighted by Gasteiger charge is -2.10. The Hall–Kier alpha value is -3.49. The molecule has 1 atom stereocenters. The summed E-state index contributed by atoms with van der Waals surface area (Å²) >= 11 is 0. The molecular formula is C27H27N4P. The maximum absolute atomic E-state index is 5.93. The van der Waals surface area contributed by atoms with Gasteiger partial charge in [-0.2, -0.15) is 5.10 Å². The summed E-state index contributed by atoms with van der Waals surface area (Å²) in [7, 11) is 2.76. The normalized spacial score (nSPS) is 12.2. The molecule has 1 unspecified atom stereocenters. The van der Waals surface area contributed by atoms with Crippen molar-refractivity contribution in [3.05, 3.63) is 103 Å². The number of benzene rings is 3. The molecule has 4 rings (SSSR count). The molecule has 0 fully saturated rings. The molecule has 0 saturated carbocycles. The Morgan fingerprint density at radius 3 is 2.03 bits per heavy atom. The van der Waals surface area contributed by atoms with Gasteiger partial charge in [-0.3, -0.25) is 0 Å².